The lowest BCUT2D eigenvalue weighted by Crippen LogP contribution is -2.33. The Morgan fingerprint density at radius 3 is 1.52 bits per heavy atom. The van der Waals surface area contributed by atoms with E-state index >= 15 is 0 Å². The summed E-state index contributed by atoms with van der Waals surface area (Å²) in [5, 5.41) is 7.88. The molecule has 0 radical (unpaired) electrons. The molecule has 5 aromatic carbocycles. The highest BCUT2D eigenvalue weighted by molar-refractivity contribution is 7.80. The van der Waals surface area contributed by atoms with Gasteiger partial charge in [0.25, 0.3) is 0 Å². The molecule has 1 nitrogen and oxygen atoms in total. The van der Waals surface area contributed by atoms with E-state index in [1.807, 2.05) is 6.08 Å². The molecular formula is C45H42OP2. The molecule has 5 aromatic rings. The Balaban J connectivity index is 1.52. The molecule has 0 amide bonds. The molecule has 238 valence electrons. The van der Waals surface area contributed by atoms with Gasteiger partial charge in [-0.15, -0.1) is 0 Å². The van der Waals surface area contributed by atoms with Crippen molar-refractivity contribution < 1.29 is 4.74 Å². The number of rotatable bonds is 6. The third-order valence-electron chi connectivity index (χ3n) is 9.91. The summed E-state index contributed by atoms with van der Waals surface area (Å²) in [4.78, 5) is 0. The molecule has 2 atom stereocenters. The summed E-state index contributed by atoms with van der Waals surface area (Å²) in [7, 11) is -1.90. The molecule has 1 aliphatic heterocycles. The van der Waals surface area contributed by atoms with Gasteiger partial charge in [0.05, 0.1) is 0 Å². The Bertz CT molecular complexity index is 2200. The van der Waals surface area contributed by atoms with Crippen LogP contribution in [0.3, 0.4) is 0 Å². The average Bonchev–Trinajstić information content (AvgIpc) is 3.06. The first-order valence-electron chi connectivity index (χ1n) is 16.7. The second-order valence-electron chi connectivity index (χ2n) is 13.6. The molecule has 48 heavy (non-hydrogen) atoms. The largest absolute Gasteiger partial charge is 0.455 e. The maximum Gasteiger partial charge on any atom is 0.139 e. The van der Waals surface area contributed by atoms with Crippen LogP contribution in [0, 0.1) is 34.6 Å². The Labute approximate surface area is 288 Å². The summed E-state index contributed by atoms with van der Waals surface area (Å²) in [5.74, 6) is 2.00. The average molecular weight is 661 g/mol. The fourth-order valence-corrected chi connectivity index (χ4v) is 13.0. The van der Waals surface area contributed by atoms with E-state index in [2.05, 4.69) is 170 Å². The van der Waals surface area contributed by atoms with Gasteiger partial charge < -0.3 is 4.74 Å². The van der Waals surface area contributed by atoms with Crippen LogP contribution in [0.5, 0.6) is 11.5 Å². The maximum atomic E-state index is 7.47. The van der Waals surface area contributed by atoms with Crippen molar-refractivity contribution in [3.8, 4) is 11.5 Å². The Hall–Kier alpha value is -4.20. The molecular weight excluding hydrogens is 618 g/mol. The van der Waals surface area contributed by atoms with Crippen LogP contribution in [0.15, 0.2) is 132 Å². The molecule has 2 aliphatic rings. The van der Waals surface area contributed by atoms with Crippen LogP contribution in [0.4, 0.5) is 0 Å². The fourth-order valence-electron chi connectivity index (χ4n) is 7.39. The topological polar surface area (TPSA) is 9.23 Å². The van der Waals surface area contributed by atoms with E-state index in [0.29, 0.717) is 0 Å². The zero-order chi connectivity index (χ0) is 33.7. The number of hydrogen-bond acceptors (Lipinski definition) is 1. The van der Waals surface area contributed by atoms with E-state index in [1.165, 1.54) is 76.4 Å². The van der Waals surface area contributed by atoms with E-state index in [4.69, 9.17) is 4.74 Å². The molecule has 0 fully saturated rings. The monoisotopic (exact) mass is 660 g/mol. The van der Waals surface area contributed by atoms with Crippen LogP contribution in [0.2, 0.25) is 0 Å². The van der Waals surface area contributed by atoms with Crippen molar-refractivity contribution in [1.29, 1.82) is 0 Å². The number of benzene rings is 5. The number of allylic oxidation sites excluding steroid dienone is 4. The van der Waals surface area contributed by atoms with Gasteiger partial charge in [-0.3, -0.25) is 0 Å². The van der Waals surface area contributed by atoms with Crippen LogP contribution in [-0.2, 0) is 5.41 Å². The minimum absolute atomic E-state index is 0.272. The molecule has 0 bridgehead atoms. The number of ether oxygens (including phenoxy) is 1. The molecule has 0 saturated heterocycles. The Morgan fingerprint density at radius 1 is 0.521 bits per heavy atom. The van der Waals surface area contributed by atoms with Gasteiger partial charge in [-0.1, -0.05) is 122 Å². The Kier molecular flexibility index (Phi) is 8.55. The normalized spacial score (nSPS) is 15.5. The van der Waals surface area contributed by atoms with E-state index in [0.717, 1.165) is 11.5 Å². The van der Waals surface area contributed by atoms with Crippen molar-refractivity contribution in [2.24, 2.45) is 0 Å². The third kappa shape index (κ3) is 5.37. The number of para-hydroxylation sites is 2. The highest BCUT2D eigenvalue weighted by Crippen LogP contribution is 2.56. The third-order valence-corrected chi connectivity index (χ3v) is 15.8. The van der Waals surface area contributed by atoms with Crippen LogP contribution in [0.1, 0.15) is 59.7 Å². The first-order valence-corrected chi connectivity index (χ1v) is 19.4. The highest BCUT2D eigenvalue weighted by atomic mass is 31.1. The lowest BCUT2D eigenvalue weighted by atomic mass is 9.76. The summed E-state index contributed by atoms with van der Waals surface area (Å²) < 4.78 is 7.47. The molecule has 3 heteroatoms. The number of aryl methyl sites for hydroxylation is 5. The van der Waals surface area contributed by atoms with E-state index in [-0.39, 0.29) is 5.41 Å². The first kappa shape index (κ1) is 32.4. The van der Waals surface area contributed by atoms with Gasteiger partial charge in [0.1, 0.15) is 11.5 Å². The summed E-state index contributed by atoms with van der Waals surface area (Å²) in [5.41, 5.74) is 16.9. The minimum Gasteiger partial charge on any atom is -0.455 e. The van der Waals surface area contributed by atoms with Crippen LogP contribution < -0.4 is 31.3 Å². The predicted octanol–water partition coefficient (Wildman–Crippen LogP) is 10.0. The van der Waals surface area contributed by atoms with Gasteiger partial charge in [-0.25, -0.2) is 0 Å². The van der Waals surface area contributed by atoms with Gasteiger partial charge >= 0.3 is 0 Å². The molecule has 0 saturated carbocycles. The predicted molar refractivity (Wildman–Crippen MR) is 209 cm³/mol. The van der Waals surface area contributed by atoms with Crippen LogP contribution in [-0.4, -0.2) is 0 Å². The maximum absolute atomic E-state index is 7.47. The first-order chi connectivity index (χ1) is 23.1. The van der Waals surface area contributed by atoms with Gasteiger partial charge in [0.2, 0.25) is 0 Å². The van der Waals surface area contributed by atoms with Crippen LogP contribution >= 0.6 is 15.8 Å². The van der Waals surface area contributed by atoms with Crippen molar-refractivity contribution in [2.75, 3.05) is 0 Å². The van der Waals surface area contributed by atoms with Crippen molar-refractivity contribution in [1.82, 2.24) is 0 Å². The molecule has 1 aliphatic carbocycles. The fraction of sp³-hybridized carbons (Fsp3) is 0.200. The zero-order valence-corrected chi connectivity index (χ0v) is 31.0. The molecule has 7 rings (SSSR count). The van der Waals surface area contributed by atoms with Gasteiger partial charge in [-0.2, -0.15) is 0 Å². The van der Waals surface area contributed by atoms with Gasteiger partial charge in [-0.05, 0) is 111 Å². The summed E-state index contributed by atoms with van der Waals surface area (Å²) in [6.07, 6.45) is 4.14. The van der Waals surface area contributed by atoms with E-state index < -0.39 is 15.8 Å². The second-order valence-corrected chi connectivity index (χ2v) is 17.7. The Morgan fingerprint density at radius 2 is 0.979 bits per heavy atom. The highest BCUT2D eigenvalue weighted by Gasteiger charge is 2.40. The lowest BCUT2D eigenvalue weighted by molar-refractivity contribution is 0.425. The lowest BCUT2D eigenvalue weighted by Gasteiger charge is -2.39. The van der Waals surface area contributed by atoms with Crippen molar-refractivity contribution in [3.05, 3.63) is 171 Å². The van der Waals surface area contributed by atoms with Crippen molar-refractivity contribution in [3.63, 3.8) is 0 Å². The zero-order valence-electron chi connectivity index (χ0n) is 29.2. The van der Waals surface area contributed by atoms with Crippen LogP contribution in [0.25, 0.3) is 0 Å². The minimum atomic E-state index is -0.988. The molecule has 2 unspecified atom stereocenters. The standard InChI is InChI=1S/C45H42OP2/c1-29-17-9-11-25-37(29)47(43-31(3)19-13-20-32(43)4)39-27-15-23-35-41(39)46-42-36(45(35,7)8)24-16-28-40(42)48(38-26-12-10-18-30(38)2)44-33(5)21-14-22-34(44)6/h9-11,13-25,27-28H,1-8H3. The van der Waals surface area contributed by atoms with Crippen molar-refractivity contribution >= 4 is 42.4 Å². The smallest absolute Gasteiger partial charge is 0.139 e. The van der Waals surface area contributed by atoms with E-state index in [1.54, 1.807) is 0 Å². The SMILES string of the molecule is CC1=CC=C=C=C1P(c1cccc2c1Oc1c(P(c3ccccc3C)c3c(C)cccc3C)cccc1C2(C)C)c1c(C)cccc1C. The molecule has 0 aromatic heterocycles. The summed E-state index contributed by atoms with van der Waals surface area (Å²) in [6, 6.07) is 35.9. The van der Waals surface area contributed by atoms with Gasteiger partial charge in [0, 0.05) is 40.4 Å². The molecule has 1 heterocycles. The van der Waals surface area contributed by atoms with Crippen molar-refractivity contribution in [2.45, 2.75) is 60.8 Å². The second kappa shape index (κ2) is 12.7. The number of hydrogen-bond donors (Lipinski definition) is 0. The molecule has 0 spiro atoms. The molecule has 0 N–H and O–H groups in total. The summed E-state index contributed by atoms with van der Waals surface area (Å²) >= 11 is 0. The van der Waals surface area contributed by atoms with Gasteiger partial charge in [0.15, 0.2) is 0 Å². The quantitative estimate of drug-likeness (QED) is 0.130. The van der Waals surface area contributed by atoms with E-state index in [9.17, 15) is 0 Å². The number of fused-ring (bicyclic) bond motifs is 2. The summed E-state index contributed by atoms with van der Waals surface area (Å²) in [6.45, 7) is 18.2.